The van der Waals surface area contributed by atoms with Crippen LogP contribution in [0.4, 0.5) is 8.78 Å². The van der Waals surface area contributed by atoms with Gasteiger partial charge < -0.3 is 15.7 Å². The number of hydrogen-bond donors (Lipinski definition) is 3. The van der Waals surface area contributed by atoms with Crippen LogP contribution >= 0.6 is 0 Å². The fourth-order valence-electron chi connectivity index (χ4n) is 2.68. The van der Waals surface area contributed by atoms with Crippen LogP contribution in [-0.4, -0.2) is 35.0 Å². The van der Waals surface area contributed by atoms with E-state index in [2.05, 4.69) is 10.6 Å². The molecule has 0 aliphatic carbocycles. The number of carboxylic acids is 1. The SMILES string of the molecule is CC(=O)N[C@H](Cc1ccc(F)cc1)C(=O)N[C@H](Cc1cccc(F)c1)C(=O)O. The zero-order chi connectivity index (χ0) is 20.7. The molecule has 3 N–H and O–H groups in total. The van der Waals surface area contributed by atoms with Gasteiger partial charge in [0.05, 0.1) is 0 Å². The molecule has 28 heavy (non-hydrogen) atoms. The normalized spacial score (nSPS) is 12.7. The Morgan fingerprint density at radius 2 is 1.54 bits per heavy atom. The van der Waals surface area contributed by atoms with Crippen molar-refractivity contribution < 1.29 is 28.3 Å². The van der Waals surface area contributed by atoms with Crippen molar-refractivity contribution in [3.8, 4) is 0 Å². The zero-order valence-electron chi connectivity index (χ0n) is 15.1. The largest absolute Gasteiger partial charge is 0.480 e. The van der Waals surface area contributed by atoms with Crippen LogP contribution in [-0.2, 0) is 27.2 Å². The number of halogens is 2. The lowest BCUT2D eigenvalue weighted by Crippen LogP contribution is -2.52. The van der Waals surface area contributed by atoms with Crippen LogP contribution in [0.1, 0.15) is 18.1 Å². The van der Waals surface area contributed by atoms with Crippen molar-refractivity contribution in [1.29, 1.82) is 0 Å². The number of hydrogen-bond acceptors (Lipinski definition) is 3. The average Bonchev–Trinajstić information content (AvgIpc) is 2.62. The van der Waals surface area contributed by atoms with Crippen LogP contribution in [0.5, 0.6) is 0 Å². The topological polar surface area (TPSA) is 95.5 Å². The minimum Gasteiger partial charge on any atom is -0.480 e. The molecule has 0 saturated heterocycles. The molecule has 0 spiro atoms. The lowest BCUT2D eigenvalue weighted by molar-refractivity contribution is -0.142. The number of carboxylic acid groups (broad SMARTS) is 1. The molecule has 0 aliphatic heterocycles. The molecule has 0 fully saturated rings. The minimum absolute atomic E-state index is 0.0536. The first-order valence-electron chi connectivity index (χ1n) is 8.53. The van der Waals surface area contributed by atoms with Crippen LogP contribution in [0.25, 0.3) is 0 Å². The fraction of sp³-hybridized carbons (Fsp3) is 0.250. The van der Waals surface area contributed by atoms with E-state index in [1.807, 2.05) is 0 Å². The van der Waals surface area contributed by atoms with Gasteiger partial charge in [-0.3, -0.25) is 9.59 Å². The number of nitrogens with one attached hydrogen (secondary N) is 2. The van der Waals surface area contributed by atoms with Gasteiger partial charge in [0.2, 0.25) is 11.8 Å². The van der Waals surface area contributed by atoms with E-state index in [9.17, 15) is 28.3 Å². The Morgan fingerprint density at radius 1 is 0.893 bits per heavy atom. The molecule has 148 valence electrons. The molecule has 2 aromatic rings. The molecule has 0 bridgehead atoms. The standard InChI is InChI=1S/C20H20F2N2O4/c1-12(25)23-17(10-13-5-7-15(21)8-6-13)19(26)24-18(20(27)28)11-14-3-2-4-16(22)9-14/h2-9,17-18H,10-11H2,1H3,(H,23,25)(H,24,26)(H,27,28)/t17-,18-/m1/s1. The van der Waals surface area contributed by atoms with Crippen molar-refractivity contribution in [2.75, 3.05) is 0 Å². The van der Waals surface area contributed by atoms with Crippen molar-refractivity contribution >= 4 is 17.8 Å². The van der Waals surface area contributed by atoms with Gasteiger partial charge in [0.25, 0.3) is 0 Å². The minimum atomic E-state index is -1.31. The van der Waals surface area contributed by atoms with Gasteiger partial charge in [-0.15, -0.1) is 0 Å². The van der Waals surface area contributed by atoms with Gasteiger partial charge in [-0.1, -0.05) is 24.3 Å². The average molecular weight is 390 g/mol. The Balaban J connectivity index is 2.12. The van der Waals surface area contributed by atoms with Crippen LogP contribution in [0.2, 0.25) is 0 Å². The Bertz CT molecular complexity index is 856. The summed E-state index contributed by atoms with van der Waals surface area (Å²) in [5.41, 5.74) is 0.995. The quantitative estimate of drug-likeness (QED) is 0.641. The lowest BCUT2D eigenvalue weighted by Gasteiger charge is -2.21. The molecule has 6 nitrogen and oxygen atoms in total. The Morgan fingerprint density at radius 3 is 2.11 bits per heavy atom. The number of rotatable bonds is 8. The summed E-state index contributed by atoms with van der Waals surface area (Å²) in [5.74, 6) is -3.42. The summed E-state index contributed by atoms with van der Waals surface area (Å²) in [6, 6.07) is 8.45. The number of carbonyl (C=O) groups excluding carboxylic acids is 2. The van der Waals surface area contributed by atoms with E-state index in [-0.39, 0.29) is 12.8 Å². The molecule has 2 rings (SSSR count). The molecule has 2 atom stereocenters. The van der Waals surface area contributed by atoms with Crippen molar-refractivity contribution in [2.24, 2.45) is 0 Å². The third-order valence-electron chi connectivity index (χ3n) is 3.99. The van der Waals surface area contributed by atoms with E-state index in [4.69, 9.17) is 0 Å². The first-order valence-corrected chi connectivity index (χ1v) is 8.53. The number of aliphatic carboxylic acids is 1. The fourth-order valence-corrected chi connectivity index (χ4v) is 2.68. The smallest absolute Gasteiger partial charge is 0.326 e. The second kappa shape index (κ2) is 9.59. The van der Waals surface area contributed by atoms with Crippen LogP contribution in [0.3, 0.4) is 0 Å². The summed E-state index contributed by atoms with van der Waals surface area (Å²) in [5, 5.41) is 14.2. The highest BCUT2D eigenvalue weighted by Crippen LogP contribution is 2.09. The summed E-state index contributed by atoms with van der Waals surface area (Å²) >= 11 is 0. The second-order valence-electron chi connectivity index (χ2n) is 6.32. The third kappa shape index (κ3) is 6.46. The first-order chi connectivity index (χ1) is 13.2. The molecule has 0 aromatic heterocycles. The molecular weight excluding hydrogens is 370 g/mol. The molecule has 0 saturated carbocycles. The van der Waals surface area contributed by atoms with Gasteiger partial charge in [0, 0.05) is 19.8 Å². The predicted molar refractivity (Wildman–Crippen MR) is 97.4 cm³/mol. The Kier molecular flexibility index (Phi) is 7.20. The monoisotopic (exact) mass is 390 g/mol. The molecule has 0 aliphatic rings. The summed E-state index contributed by atoms with van der Waals surface area (Å²) in [6.45, 7) is 1.23. The molecule has 0 heterocycles. The van der Waals surface area contributed by atoms with E-state index in [1.54, 1.807) is 6.07 Å². The highest BCUT2D eigenvalue weighted by Gasteiger charge is 2.26. The molecular formula is C20H20F2N2O4. The van der Waals surface area contributed by atoms with Gasteiger partial charge in [0.1, 0.15) is 23.7 Å². The van der Waals surface area contributed by atoms with Crippen molar-refractivity contribution in [1.82, 2.24) is 10.6 Å². The number of benzene rings is 2. The molecule has 0 radical (unpaired) electrons. The lowest BCUT2D eigenvalue weighted by atomic mass is 10.0. The van der Waals surface area contributed by atoms with E-state index in [1.165, 1.54) is 49.4 Å². The molecule has 8 heteroatoms. The number of amides is 2. The van der Waals surface area contributed by atoms with E-state index in [0.717, 1.165) is 0 Å². The van der Waals surface area contributed by atoms with Gasteiger partial charge in [0.15, 0.2) is 0 Å². The van der Waals surface area contributed by atoms with Crippen molar-refractivity contribution in [3.05, 3.63) is 71.3 Å². The van der Waals surface area contributed by atoms with Crippen molar-refractivity contribution in [3.63, 3.8) is 0 Å². The Labute approximate surface area is 160 Å². The third-order valence-corrected chi connectivity index (χ3v) is 3.99. The first kappa shape index (κ1) is 21.0. The van der Waals surface area contributed by atoms with Gasteiger partial charge in [-0.05, 0) is 35.4 Å². The molecule has 2 amide bonds. The van der Waals surface area contributed by atoms with E-state index >= 15 is 0 Å². The number of carbonyl (C=O) groups is 3. The summed E-state index contributed by atoms with van der Waals surface area (Å²) in [6.07, 6.45) is -0.0693. The molecule has 0 unspecified atom stereocenters. The van der Waals surface area contributed by atoms with Gasteiger partial charge in [-0.2, -0.15) is 0 Å². The Hall–Kier alpha value is -3.29. The highest BCUT2D eigenvalue weighted by atomic mass is 19.1. The zero-order valence-corrected chi connectivity index (χ0v) is 15.1. The predicted octanol–water partition coefficient (Wildman–Crippen LogP) is 1.82. The summed E-state index contributed by atoms with van der Waals surface area (Å²) < 4.78 is 26.4. The maximum atomic E-state index is 13.3. The van der Waals surface area contributed by atoms with Gasteiger partial charge >= 0.3 is 5.97 Å². The van der Waals surface area contributed by atoms with Crippen molar-refractivity contribution in [2.45, 2.75) is 31.8 Å². The molecule has 2 aromatic carbocycles. The van der Waals surface area contributed by atoms with E-state index < -0.39 is 41.5 Å². The summed E-state index contributed by atoms with van der Waals surface area (Å²) in [4.78, 5) is 35.6. The van der Waals surface area contributed by atoms with Crippen LogP contribution < -0.4 is 10.6 Å². The highest BCUT2D eigenvalue weighted by molar-refractivity contribution is 5.90. The van der Waals surface area contributed by atoms with Crippen LogP contribution in [0, 0.1) is 11.6 Å². The maximum absolute atomic E-state index is 13.3. The summed E-state index contributed by atoms with van der Waals surface area (Å²) in [7, 11) is 0. The van der Waals surface area contributed by atoms with E-state index in [0.29, 0.717) is 11.1 Å². The van der Waals surface area contributed by atoms with Gasteiger partial charge in [-0.25, -0.2) is 13.6 Å². The maximum Gasteiger partial charge on any atom is 0.326 e. The van der Waals surface area contributed by atoms with Crippen LogP contribution in [0.15, 0.2) is 48.5 Å². The second-order valence-corrected chi connectivity index (χ2v) is 6.32.